The van der Waals surface area contributed by atoms with Crippen LogP contribution in [0.5, 0.6) is 0 Å². The van der Waals surface area contributed by atoms with E-state index in [1.54, 1.807) is 7.11 Å². The van der Waals surface area contributed by atoms with Crippen LogP contribution in [0.3, 0.4) is 0 Å². The summed E-state index contributed by atoms with van der Waals surface area (Å²) < 4.78 is 4.92. The summed E-state index contributed by atoms with van der Waals surface area (Å²) in [5.41, 5.74) is 0. The number of nitrogens with one attached hydrogen (secondary N) is 2. The molecule has 1 aliphatic rings. The van der Waals surface area contributed by atoms with E-state index in [9.17, 15) is 4.79 Å². The van der Waals surface area contributed by atoms with E-state index in [-0.39, 0.29) is 12.1 Å². The summed E-state index contributed by atoms with van der Waals surface area (Å²) in [6.07, 6.45) is 3.11. The molecule has 0 saturated heterocycles. The van der Waals surface area contributed by atoms with Gasteiger partial charge >= 0.3 is 6.03 Å². The van der Waals surface area contributed by atoms with E-state index in [1.807, 2.05) is 6.92 Å². The average Bonchev–Trinajstić information content (AvgIpc) is 2.84. The molecule has 1 saturated carbocycles. The molecule has 2 amide bonds. The van der Waals surface area contributed by atoms with Crippen LogP contribution in [0.25, 0.3) is 0 Å². The molecule has 2 N–H and O–H groups in total. The number of hydrogen-bond acceptors (Lipinski definition) is 2. The lowest BCUT2D eigenvalue weighted by molar-refractivity contribution is 0.184. The summed E-state index contributed by atoms with van der Waals surface area (Å²) in [5.74, 6) is 0. The Morgan fingerprint density at radius 1 is 1.62 bits per heavy atom. The Kier molecular flexibility index (Phi) is 4.02. The molecule has 0 spiro atoms. The van der Waals surface area contributed by atoms with E-state index >= 15 is 0 Å². The molecule has 0 aromatic rings. The lowest BCUT2D eigenvalue weighted by Gasteiger charge is -2.13. The van der Waals surface area contributed by atoms with Crippen molar-refractivity contribution >= 4 is 6.03 Å². The zero-order valence-electron chi connectivity index (χ0n) is 8.30. The predicted octanol–water partition coefficient (Wildman–Crippen LogP) is 0.873. The third-order valence-electron chi connectivity index (χ3n) is 2.05. The van der Waals surface area contributed by atoms with Crippen LogP contribution in [0.2, 0.25) is 0 Å². The summed E-state index contributed by atoms with van der Waals surface area (Å²) >= 11 is 0. The van der Waals surface area contributed by atoms with Gasteiger partial charge in [-0.05, 0) is 26.2 Å². The van der Waals surface area contributed by atoms with Crippen LogP contribution in [0, 0.1) is 0 Å². The van der Waals surface area contributed by atoms with Crippen LogP contribution in [0.4, 0.5) is 4.79 Å². The highest BCUT2D eigenvalue weighted by Crippen LogP contribution is 2.18. The van der Waals surface area contributed by atoms with Crippen molar-refractivity contribution in [3.8, 4) is 0 Å². The molecule has 1 aliphatic carbocycles. The minimum absolute atomic E-state index is 0.0499. The number of rotatable bonds is 5. The molecule has 13 heavy (non-hydrogen) atoms. The highest BCUT2D eigenvalue weighted by Gasteiger charge is 2.23. The number of ether oxygens (including phenoxy) is 1. The zero-order valence-corrected chi connectivity index (χ0v) is 8.30. The van der Waals surface area contributed by atoms with Gasteiger partial charge in [-0.2, -0.15) is 0 Å². The molecular weight excluding hydrogens is 168 g/mol. The van der Waals surface area contributed by atoms with Crippen molar-refractivity contribution in [2.45, 2.75) is 38.3 Å². The van der Waals surface area contributed by atoms with E-state index in [2.05, 4.69) is 10.6 Å². The zero-order chi connectivity index (χ0) is 9.68. The van der Waals surface area contributed by atoms with Gasteiger partial charge in [0.2, 0.25) is 0 Å². The summed E-state index contributed by atoms with van der Waals surface area (Å²) in [6.45, 7) is 2.66. The van der Waals surface area contributed by atoms with Crippen LogP contribution in [0.1, 0.15) is 26.2 Å². The molecule has 1 atom stereocenters. The highest BCUT2D eigenvalue weighted by molar-refractivity contribution is 5.74. The maximum Gasteiger partial charge on any atom is 0.315 e. The maximum absolute atomic E-state index is 11.2. The first-order chi connectivity index (χ1) is 6.22. The SMILES string of the molecule is COCCC(C)NC(=O)NC1CC1. The first-order valence-electron chi connectivity index (χ1n) is 4.78. The number of carbonyl (C=O) groups is 1. The smallest absolute Gasteiger partial charge is 0.315 e. The van der Waals surface area contributed by atoms with Crippen LogP contribution in [-0.4, -0.2) is 31.8 Å². The van der Waals surface area contributed by atoms with Crippen molar-refractivity contribution < 1.29 is 9.53 Å². The van der Waals surface area contributed by atoms with Crippen LogP contribution in [-0.2, 0) is 4.74 Å². The topological polar surface area (TPSA) is 50.4 Å². The second kappa shape index (κ2) is 5.07. The molecule has 1 unspecified atom stereocenters. The fraction of sp³-hybridized carbons (Fsp3) is 0.889. The van der Waals surface area contributed by atoms with E-state index in [0.29, 0.717) is 12.6 Å². The van der Waals surface area contributed by atoms with Gasteiger partial charge in [0, 0.05) is 25.8 Å². The van der Waals surface area contributed by atoms with Gasteiger partial charge in [-0.25, -0.2) is 4.79 Å². The third-order valence-corrected chi connectivity index (χ3v) is 2.05. The molecule has 0 aromatic carbocycles. The number of carbonyl (C=O) groups excluding carboxylic acids is 1. The van der Waals surface area contributed by atoms with Gasteiger partial charge in [-0.3, -0.25) is 0 Å². The molecule has 4 nitrogen and oxygen atoms in total. The Balaban J connectivity index is 2.03. The Hall–Kier alpha value is -0.770. The van der Waals surface area contributed by atoms with Crippen LogP contribution >= 0.6 is 0 Å². The monoisotopic (exact) mass is 186 g/mol. The van der Waals surface area contributed by atoms with Gasteiger partial charge in [0.25, 0.3) is 0 Å². The summed E-state index contributed by atoms with van der Waals surface area (Å²) in [4.78, 5) is 11.2. The fourth-order valence-corrected chi connectivity index (χ4v) is 1.05. The average molecular weight is 186 g/mol. The summed E-state index contributed by atoms with van der Waals surface area (Å²) in [5, 5.41) is 5.73. The van der Waals surface area contributed by atoms with Crippen LogP contribution in [0.15, 0.2) is 0 Å². The third kappa shape index (κ3) is 4.72. The Morgan fingerprint density at radius 3 is 2.85 bits per heavy atom. The van der Waals surface area contributed by atoms with Crippen LogP contribution < -0.4 is 10.6 Å². The Bertz CT molecular complexity index is 169. The first-order valence-corrected chi connectivity index (χ1v) is 4.78. The van der Waals surface area contributed by atoms with E-state index < -0.39 is 0 Å². The molecular formula is C9H18N2O2. The molecule has 1 fully saturated rings. The lowest BCUT2D eigenvalue weighted by Crippen LogP contribution is -2.42. The number of urea groups is 1. The van der Waals surface area contributed by atoms with Crippen molar-refractivity contribution in [2.75, 3.05) is 13.7 Å². The summed E-state index contributed by atoms with van der Waals surface area (Å²) in [7, 11) is 1.66. The Labute approximate surface area is 79.0 Å². The normalized spacial score (nSPS) is 18.0. The van der Waals surface area contributed by atoms with E-state index in [0.717, 1.165) is 19.3 Å². The van der Waals surface area contributed by atoms with Gasteiger partial charge < -0.3 is 15.4 Å². The molecule has 0 heterocycles. The minimum atomic E-state index is -0.0499. The highest BCUT2D eigenvalue weighted by atomic mass is 16.5. The van der Waals surface area contributed by atoms with Crippen molar-refractivity contribution in [3.05, 3.63) is 0 Å². The van der Waals surface area contributed by atoms with E-state index in [1.165, 1.54) is 0 Å². The minimum Gasteiger partial charge on any atom is -0.385 e. The van der Waals surface area contributed by atoms with Gasteiger partial charge in [-0.15, -0.1) is 0 Å². The quantitative estimate of drug-likeness (QED) is 0.669. The number of amides is 2. The molecule has 0 aliphatic heterocycles. The lowest BCUT2D eigenvalue weighted by atomic mass is 10.2. The van der Waals surface area contributed by atoms with Crippen molar-refractivity contribution in [1.29, 1.82) is 0 Å². The van der Waals surface area contributed by atoms with Crippen molar-refractivity contribution in [3.63, 3.8) is 0 Å². The molecule has 0 aromatic heterocycles. The summed E-state index contributed by atoms with van der Waals surface area (Å²) in [6, 6.07) is 0.555. The molecule has 76 valence electrons. The molecule has 4 heteroatoms. The fourth-order valence-electron chi connectivity index (χ4n) is 1.05. The largest absolute Gasteiger partial charge is 0.385 e. The van der Waals surface area contributed by atoms with Gasteiger partial charge in [0.05, 0.1) is 0 Å². The van der Waals surface area contributed by atoms with Gasteiger partial charge in [0.1, 0.15) is 0 Å². The number of hydrogen-bond donors (Lipinski definition) is 2. The van der Waals surface area contributed by atoms with Gasteiger partial charge in [0.15, 0.2) is 0 Å². The second-order valence-corrected chi connectivity index (χ2v) is 3.57. The predicted molar refractivity (Wildman–Crippen MR) is 50.6 cm³/mol. The van der Waals surface area contributed by atoms with E-state index in [4.69, 9.17) is 4.74 Å². The molecule has 0 radical (unpaired) electrons. The molecule has 0 bridgehead atoms. The Morgan fingerprint density at radius 2 is 2.31 bits per heavy atom. The maximum atomic E-state index is 11.2. The van der Waals surface area contributed by atoms with Gasteiger partial charge in [-0.1, -0.05) is 0 Å². The van der Waals surface area contributed by atoms with Crippen molar-refractivity contribution in [2.24, 2.45) is 0 Å². The van der Waals surface area contributed by atoms with Crippen molar-refractivity contribution in [1.82, 2.24) is 10.6 Å². The second-order valence-electron chi connectivity index (χ2n) is 3.57. The molecule has 1 rings (SSSR count). The standard InChI is InChI=1S/C9H18N2O2/c1-7(5-6-13-2)10-9(12)11-8-3-4-8/h7-8H,3-6H2,1-2H3,(H2,10,11,12). The number of methoxy groups -OCH3 is 1. The first kappa shape index (κ1) is 10.3.